The molecule has 2 rings (SSSR count). The van der Waals surface area contributed by atoms with Crippen LogP contribution in [0.2, 0.25) is 0 Å². The molecule has 82 valence electrons. The van der Waals surface area contributed by atoms with Crippen molar-refractivity contribution in [2.75, 3.05) is 6.54 Å². The Labute approximate surface area is 98.2 Å². The lowest BCUT2D eigenvalue weighted by molar-refractivity contribution is 0.165. The predicted molar refractivity (Wildman–Crippen MR) is 63.6 cm³/mol. The minimum absolute atomic E-state index is 0.210. The van der Waals surface area contributed by atoms with Crippen molar-refractivity contribution in [3.8, 4) is 0 Å². The van der Waals surface area contributed by atoms with E-state index in [4.69, 9.17) is 0 Å². The molecule has 1 heterocycles. The molecule has 0 bridgehead atoms. The number of rotatable bonds is 1. The molecule has 15 heavy (non-hydrogen) atoms. The maximum Gasteiger partial charge on any atom is 0.103 e. The lowest BCUT2D eigenvalue weighted by Gasteiger charge is -2.37. The number of hydrogen-bond donors (Lipinski definition) is 1. The van der Waals surface area contributed by atoms with Crippen LogP contribution in [0, 0.1) is 0 Å². The molecular weight excluding hydrogens is 257 g/mol. The van der Waals surface area contributed by atoms with Crippen LogP contribution in [0.15, 0.2) is 28.7 Å². The Morgan fingerprint density at radius 1 is 1.40 bits per heavy atom. The highest BCUT2D eigenvalue weighted by Gasteiger charge is 2.33. The Balaban J connectivity index is 2.24. The number of piperidine rings is 1. The van der Waals surface area contributed by atoms with Crippen LogP contribution in [-0.2, 0) is 5.54 Å². The molecule has 2 unspecified atom stereocenters. The molecule has 1 aliphatic heterocycles. The van der Waals surface area contributed by atoms with Crippen molar-refractivity contribution in [2.45, 2.75) is 31.5 Å². The Hall–Kier alpha value is -0.410. The van der Waals surface area contributed by atoms with E-state index in [0.717, 1.165) is 16.6 Å². The van der Waals surface area contributed by atoms with E-state index >= 15 is 0 Å². The van der Waals surface area contributed by atoms with Crippen LogP contribution in [0.5, 0.6) is 0 Å². The summed E-state index contributed by atoms with van der Waals surface area (Å²) in [6.07, 6.45) is 0.515. The van der Waals surface area contributed by atoms with Crippen molar-refractivity contribution in [1.29, 1.82) is 0 Å². The highest BCUT2D eigenvalue weighted by atomic mass is 79.9. The first-order valence-corrected chi connectivity index (χ1v) is 6.05. The van der Waals surface area contributed by atoms with Crippen LogP contribution in [0.4, 0.5) is 4.39 Å². The standard InChI is InChI=1S/C12H15BrFN/c1-12(8-11(14)6-7-15-12)9-2-4-10(13)5-3-9/h2-5,11,15H,6-8H2,1H3. The molecule has 0 spiro atoms. The molecular formula is C12H15BrFN. The highest BCUT2D eigenvalue weighted by Crippen LogP contribution is 2.31. The topological polar surface area (TPSA) is 12.0 Å². The van der Waals surface area contributed by atoms with Gasteiger partial charge in [0.15, 0.2) is 0 Å². The summed E-state index contributed by atoms with van der Waals surface area (Å²) in [5.74, 6) is 0. The summed E-state index contributed by atoms with van der Waals surface area (Å²) in [6, 6.07) is 8.11. The molecule has 1 nitrogen and oxygen atoms in total. The zero-order chi connectivity index (χ0) is 10.9. The first kappa shape index (κ1) is 11.1. The summed E-state index contributed by atoms with van der Waals surface area (Å²) in [6.45, 7) is 2.83. The van der Waals surface area contributed by atoms with Gasteiger partial charge in [0.25, 0.3) is 0 Å². The number of nitrogens with one attached hydrogen (secondary N) is 1. The summed E-state index contributed by atoms with van der Waals surface area (Å²) in [7, 11) is 0. The van der Waals surface area contributed by atoms with E-state index in [2.05, 4.69) is 40.3 Å². The summed E-state index contributed by atoms with van der Waals surface area (Å²) in [5, 5.41) is 3.41. The van der Waals surface area contributed by atoms with Crippen LogP contribution in [0.25, 0.3) is 0 Å². The predicted octanol–water partition coefficient (Wildman–Crippen LogP) is 3.39. The summed E-state index contributed by atoms with van der Waals surface area (Å²) in [5.41, 5.74) is 0.950. The fourth-order valence-corrected chi connectivity index (χ4v) is 2.42. The van der Waals surface area contributed by atoms with Gasteiger partial charge in [-0.2, -0.15) is 0 Å². The number of benzene rings is 1. The van der Waals surface area contributed by atoms with Crippen LogP contribution < -0.4 is 5.32 Å². The van der Waals surface area contributed by atoms with Gasteiger partial charge in [0, 0.05) is 16.4 Å². The SMILES string of the molecule is CC1(c2ccc(Br)cc2)CC(F)CCN1. The number of halogens is 2. The fraction of sp³-hybridized carbons (Fsp3) is 0.500. The van der Waals surface area contributed by atoms with E-state index in [0.29, 0.717) is 12.8 Å². The molecule has 1 N–H and O–H groups in total. The van der Waals surface area contributed by atoms with Crippen LogP contribution in [0.1, 0.15) is 25.3 Å². The van der Waals surface area contributed by atoms with Gasteiger partial charge in [-0.1, -0.05) is 28.1 Å². The van der Waals surface area contributed by atoms with E-state index in [1.807, 2.05) is 12.1 Å². The largest absolute Gasteiger partial charge is 0.307 e. The quantitative estimate of drug-likeness (QED) is 0.826. The van der Waals surface area contributed by atoms with Gasteiger partial charge in [-0.3, -0.25) is 0 Å². The maximum absolute atomic E-state index is 13.4. The van der Waals surface area contributed by atoms with Gasteiger partial charge in [0.1, 0.15) is 6.17 Å². The second kappa shape index (κ2) is 4.22. The van der Waals surface area contributed by atoms with E-state index < -0.39 is 6.17 Å². The molecule has 0 aromatic heterocycles. The molecule has 0 radical (unpaired) electrons. The van der Waals surface area contributed by atoms with Crippen molar-refractivity contribution in [1.82, 2.24) is 5.32 Å². The lowest BCUT2D eigenvalue weighted by atomic mass is 9.83. The first-order chi connectivity index (χ1) is 7.10. The highest BCUT2D eigenvalue weighted by molar-refractivity contribution is 9.10. The van der Waals surface area contributed by atoms with E-state index in [1.165, 1.54) is 0 Å². The fourth-order valence-electron chi connectivity index (χ4n) is 2.16. The summed E-state index contributed by atoms with van der Waals surface area (Å²) < 4.78 is 14.5. The third kappa shape index (κ3) is 2.40. The Morgan fingerprint density at radius 3 is 2.67 bits per heavy atom. The monoisotopic (exact) mass is 271 g/mol. The van der Waals surface area contributed by atoms with Crippen molar-refractivity contribution in [2.24, 2.45) is 0 Å². The van der Waals surface area contributed by atoms with Crippen LogP contribution >= 0.6 is 15.9 Å². The minimum Gasteiger partial charge on any atom is -0.307 e. The number of hydrogen-bond acceptors (Lipinski definition) is 1. The molecule has 1 aromatic carbocycles. The molecule has 0 aliphatic carbocycles. The molecule has 2 atom stereocenters. The van der Waals surface area contributed by atoms with Gasteiger partial charge in [0.2, 0.25) is 0 Å². The lowest BCUT2D eigenvalue weighted by Crippen LogP contribution is -2.46. The molecule has 1 aromatic rings. The average molecular weight is 272 g/mol. The van der Waals surface area contributed by atoms with Gasteiger partial charge < -0.3 is 5.32 Å². The summed E-state index contributed by atoms with van der Waals surface area (Å²) >= 11 is 3.40. The maximum atomic E-state index is 13.4. The third-order valence-corrected chi connectivity index (χ3v) is 3.61. The Kier molecular flexibility index (Phi) is 3.12. The van der Waals surface area contributed by atoms with Gasteiger partial charge in [-0.15, -0.1) is 0 Å². The van der Waals surface area contributed by atoms with Gasteiger partial charge in [-0.25, -0.2) is 4.39 Å². The zero-order valence-electron chi connectivity index (χ0n) is 8.76. The first-order valence-electron chi connectivity index (χ1n) is 5.25. The summed E-state index contributed by atoms with van der Waals surface area (Å²) in [4.78, 5) is 0. The van der Waals surface area contributed by atoms with E-state index in [9.17, 15) is 4.39 Å². The van der Waals surface area contributed by atoms with Crippen molar-refractivity contribution >= 4 is 15.9 Å². The smallest absolute Gasteiger partial charge is 0.103 e. The Bertz CT molecular complexity index is 338. The molecule has 0 saturated carbocycles. The van der Waals surface area contributed by atoms with Gasteiger partial charge >= 0.3 is 0 Å². The van der Waals surface area contributed by atoms with Crippen LogP contribution in [-0.4, -0.2) is 12.7 Å². The van der Waals surface area contributed by atoms with Gasteiger partial charge in [-0.05, 0) is 37.6 Å². The van der Waals surface area contributed by atoms with Crippen molar-refractivity contribution in [3.63, 3.8) is 0 Å². The second-order valence-corrected chi connectivity index (χ2v) is 5.27. The van der Waals surface area contributed by atoms with Crippen molar-refractivity contribution < 1.29 is 4.39 Å². The van der Waals surface area contributed by atoms with E-state index in [-0.39, 0.29) is 5.54 Å². The van der Waals surface area contributed by atoms with Crippen molar-refractivity contribution in [3.05, 3.63) is 34.3 Å². The average Bonchev–Trinajstić information content (AvgIpc) is 2.18. The normalized spacial score (nSPS) is 31.5. The number of alkyl halides is 1. The third-order valence-electron chi connectivity index (χ3n) is 3.08. The molecule has 1 aliphatic rings. The van der Waals surface area contributed by atoms with Gasteiger partial charge in [0.05, 0.1) is 0 Å². The van der Waals surface area contributed by atoms with Crippen LogP contribution in [0.3, 0.4) is 0 Å². The molecule has 1 saturated heterocycles. The minimum atomic E-state index is -0.681. The molecule has 1 fully saturated rings. The molecule has 0 amide bonds. The zero-order valence-corrected chi connectivity index (χ0v) is 10.3. The van der Waals surface area contributed by atoms with E-state index in [1.54, 1.807) is 0 Å². The molecule has 3 heteroatoms. The second-order valence-electron chi connectivity index (χ2n) is 4.36. The Morgan fingerprint density at radius 2 is 2.07 bits per heavy atom.